The van der Waals surface area contributed by atoms with Gasteiger partial charge in [-0.3, -0.25) is 0 Å². The fraction of sp³-hybridized carbons (Fsp3) is 0.500. The van der Waals surface area contributed by atoms with Crippen molar-refractivity contribution in [3.05, 3.63) is 24.0 Å². The standard InChI is InChI=1S/C12H18FNO2/c1-12(2,15)8-14(3)10-7-9(13)5-6-11(10)16-4/h5-7,15H,8H2,1-4H3. The molecule has 0 saturated heterocycles. The Labute approximate surface area is 95.5 Å². The Kier molecular flexibility index (Phi) is 3.75. The maximum absolute atomic E-state index is 13.1. The topological polar surface area (TPSA) is 32.7 Å². The van der Waals surface area contributed by atoms with Gasteiger partial charge in [-0.25, -0.2) is 4.39 Å². The van der Waals surface area contributed by atoms with Crippen LogP contribution in [0.15, 0.2) is 18.2 Å². The largest absolute Gasteiger partial charge is 0.495 e. The quantitative estimate of drug-likeness (QED) is 0.854. The van der Waals surface area contributed by atoms with Gasteiger partial charge < -0.3 is 14.7 Å². The van der Waals surface area contributed by atoms with Crippen molar-refractivity contribution < 1.29 is 14.2 Å². The number of rotatable bonds is 4. The molecular weight excluding hydrogens is 209 g/mol. The molecule has 0 aliphatic carbocycles. The fourth-order valence-electron chi connectivity index (χ4n) is 1.63. The second-order valence-electron chi connectivity index (χ2n) is 4.48. The molecular formula is C12H18FNO2. The van der Waals surface area contributed by atoms with Crippen molar-refractivity contribution in [1.82, 2.24) is 0 Å². The predicted molar refractivity (Wildman–Crippen MR) is 62.5 cm³/mol. The molecule has 0 unspecified atom stereocenters. The third kappa shape index (κ3) is 3.38. The first-order valence-corrected chi connectivity index (χ1v) is 5.10. The van der Waals surface area contributed by atoms with Crippen LogP contribution in [0.1, 0.15) is 13.8 Å². The molecule has 0 bridgehead atoms. The first kappa shape index (κ1) is 12.8. The highest BCUT2D eigenvalue weighted by Gasteiger charge is 2.18. The fourth-order valence-corrected chi connectivity index (χ4v) is 1.63. The number of hydrogen-bond donors (Lipinski definition) is 1. The molecule has 3 nitrogen and oxygen atoms in total. The van der Waals surface area contributed by atoms with Gasteiger partial charge in [-0.05, 0) is 26.0 Å². The molecule has 0 amide bonds. The zero-order valence-corrected chi connectivity index (χ0v) is 10.1. The number of methoxy groups -OCH3 is 1. The lowest BCUT2D eigenvalue weighted by Gasteiger charge is -2.28. The third-order valence-corrected chi connectivity index (χ3v) is 2.18. The minimum absolute atomic E-state index is 0.321. The van der Waals surface area contributed by atoms with E-state index < -0.39 is 5.60 Å². The van der Waals surface area contributed by atoms with E-state index >= 15 is 0 Å². The molecule has 0 aliphatic heterocycles. The molecule has 16 heavy (non-hydrogen) atoms. The maximum Gasteiger partial charge on any atom is 0.142 e. The molecule has 0 spiro atoms. The summed E-state index contributed by atoms with van der Waals surface area (Å²) in [6.07, 6.45) is 0. The Hall–Kier alpha value is -1.29. The lowest BCUT2D eigenvalue weighted by Crippen LogP contribution is -2.36. The van der Waals surface area contributed by atoms with Crippen LogP contribution in [0.25, 0.3) is 0 Å². The van der Waals surface area contributed by atoms with Gasteiger partial charge in [0.15, 0.2) is 0 Å². The van der Waals surface area contributed by atoms with E-state index in [4.69, 9.17) is 4.74 Å². The molecule has 0 aliphatic rings. The van der Waals surface area contributed by atoms with Gasteiger partial charge in [-0.15, -0.1) is 0 Å². The van der Waals surface area contributed by atoms with Gasteiger partial charge >= 0.3 is 0 Å². The van der Waals surface area contributed by atoms with E-state index in [0.29, 0.717) is 18.0 Å². The Balaban J connectivity index is 2.97. The average molecular weight is 227 g/mol. The highest BCUT2D eigenvalue weighted by molar-refractivity contribution is 5.58. The number of halogens is 1. The summed E-state index contributed by atoms with van der Waals surface area (Å²) in [5.74, 6) is 0.270. The van der Waals surface area contributed by atoms with Crippen molar-refractivity contribution in [3.63, 3.8) is 0 Å². The molecule has 0 aromatic heterocycles. The van der Waals surface area contributed by atoms with Crippen molar-refractivity contribution in [2.24, 2.45) is 0 Å². The van der Waals surface area contributed by atoms with Crippen LogP contribution in [-0.2, 0) is 0 Å². The molecule has 4 heteroatoms. The number of aliphatic hydroxyl groups is 1. The SMILES string of the molecule is COc1ccc(F)cc1N(C)CC(C)(C)O. The molecule has 0 atom stereocenters. The Morgan fingerprint density at radius 2 is 2.06 bits per heavy atom. The molecule has 0 heterocycles. The van der Waals surface area contributed by atoms with Gasteiger partial charge in [0, 0.05) is 19.7 Å². The van der Waals surface area contributed by atoms with Gasteiger partial charge in [0.25, 0.3) is 0 Å². The summed E-state index contributed by atoms with van der Waals surface area (Å²) in [4.78, 5) is 1.77. The maximum atomic E-state index is 13.1. The summed E-state index contributed by atoms with van der Waals surface area (Å²) in [6, 6.07) is 4.32. The number of benzene rings is 1. The van der Waals surface area contributed by atoms with Crippen LogP contribution in [0, 0.1) is 5.82 Å². The number of hydrogen-bond acceptors (Lipinski definition) is 3. The molecule has 1 aromatic rings. The number of likely N-dealkylation sites (N-methyl/N-ethyl adjacent to an activating group) is 1. The molecule has 90 valence electrons. The zero-order valence-electron chi connectivity index (χ0n) is 10.1. The van der Waals surface area contributed by atoms with Gasteiger partial charge in [-0.2, -0.15) is 0 Å². The van der Waals surface area contributed by atoms with E-state index in [-0.39, 0.29) is 5.82 Å². The normalized spacial score (nSPS) is 11.4. The lowest BCUT2D eigenvalue weighted by atomic mass is 10.1. The van der Waals surface area contributed by atoms with Gasteiger partial charge in [-0.1, -0.05) is 0 Å². The van der Waals surface area contributed by atoms with Crippen LogP contribution in [0.2, 0.25) is 0 Å². The van der Waals surface area contributed by atoms with E-state index in [9.17, 15) is 9.50 Å². The van der Waals surface area contributed by atoms with Crippen molar-refractivity contribution in [1.29, 1.82) is 0 Å². The van der Waals surface area contributed by atoms with Crippen LogP contribution in [0.3, 0.4) is 0 Å². The summed E-state index contributed by atoms with van der Waals surface area (Å²) in [5.41, 5.74) is -0.212. The minimum atomic E-state index is -0.841. The van der Waals surface area contributed by atoms with Crippen molar-refractivity contribution >= 4 is 5.69 Å². The summed E-state index contributed by atoms with van der Waals surface area (Å²) < 4.78 is 18.3. The van der Waals surface area contributed by atoms with E-state index in [0.717, 1.165) is 0 Å². The summed E-state index contributed by atoms with van der Waals surface area (Å²) in [7, 11) is 3.32. The van der Waals surface area contributed by atoms with Crippen LogP contribution < -0.4 is 9.64 Å². The number of ether oxygens (including phenoxy) is 1. The molecule has 1 rings (SSSR count). The first-order valence-electron chi connectivity index (χ1n) is 5.10. The average Bonchev–Trinajstić information content (AvgIpc) is 2.15. The molecule has 0 saturated carbocycles. The first-order chi connectivity index (χ1) is 7.33. The third-order valence-electron chi connectivity index (χ3n) is 2.18. The zero-order chi connectivity index (χ0) is 12.3. The molecule has 0 radical (unpaired) electrons. The van der Waals surface area contributed by atoms with Crippen LogP contribution in [-0.4, -0.2) is 31.4 Å². The van der Waals surface area contributed by atoms with E-state index in [1.54, 1.807) is 31.9 Å². The van der Waals surface area contributed by atoms with Gasteiger partial charge in [0.2, 0.25) is 0 Å². The van der Waals surface area contributed by atoms with E-state index in [2.05, 4.69) is 0 Å². The minimum Gasteiger partial charge on any atom is -0.495 e. The Morgan fingerprint density at radius 3 is 2.56 bits per heavy atom. The van der Waals surface area contributed by atoms with Crippen molar-refractivity contribution in [3.8, 4) is 5.75 Å². The number of nitrogens with zero attached hydrogens (tertiary/aromatic N) is 1. The van der Waals surface area contributed by atoms with Crippen LogP contribution in [0.4, 0.5) is 10.1 Å². The Bertz CT molecular complexity index is 361. The van der Waals surface area contributed by atoms with Crippen LogP contribution in [0.5, 0.6) is 5.75 Å². The summed E-state index contributed by atoms with van der Waals surface area (Å²) >= 11 is 0. The van der Waals surface area contributed by atoms with E-state index in [1.807, 2.05) is 0 Å². The predicted octanol–water partition coefficient (Wildman–Crippen LogP) is 2.04. The summed E-state index contributed by atoms with van der Waals surface area (Å²) in [6.45, 7) is 3.80. The Morgan fingerprint density at radius 1 is 1.44 bits per heavy atom. The highest BCUT2D eigenvalue weighted by Crippen LogP contribution is 2.28. The molecule has 0 fully saturated rings. The smallest absolute Gasteiger partial charge is 0.142 e. The monoisotopic (exact) mass is 227 g/mol. The summed E-state index contributed by atoms with van der Waals surface area (Å²) in [5, 5.41) is 9.71. The van der Waals surface area contributed by atoms with Gasteiger partial charge in [0.1, 0.15) is 11.6 Å². The molecule has 1 aromatic carbocycles. The number of anilines is 1. The molecule has 1 N–H and O–H groups in total. The van der Waals surface area contributed by atoms with E-state index in [1.165, 1.54) is 19.2 Å². The van der Waals surface area contributed by atoms with Crippen molar-refractivity contribution in [2.75, 3.05) is 25.6 Å². The second kappa shape index (κ2) is 4.70. The highest BCUT2D eigenvalue weighted by atomic mass is 19.1. The second-order valence-corrected chi connectivity index (χ2v) is 4.48. The van der Waals surface area contributed by atoms with Crippen LogP contribution >= 0.6 is 0 Å². The lowest BCUT2D eigenvalue weighted by molar-refractivity contribution is 0.0885. The van der Waals surface area contributed by atoms with Crippen molar-refractivity contribution in [2.45, 2.75) is 19.4 Å². The van der Waals surface area contributed by atoms with Gasteiger partial charge in [0.05, 0.1) is 18.4 Å².